The molecular weight excluding hydrogens is 248 g/mol. The molecule has 1 aliphatic carbocycles. The highest BCUT2D eigenvalue weighted by molar-refractivity contribution is 6.04. The van der Waals surface area contributed by atoms with Crippen LogP contribution in [0.2, 0.25) is 0 Å². The van der Waals surface area contributed by atoms with Gasteiger partial charge in [0.15, 0.2) is 0 Å². The van der Waals surface area contributed by atoms with Gasteiger partial charge in [0.2, 0.25) is 0 Å². The first kappa shape index (κ1) is 11.6. The summed E-state index contributed by atoms with van der Waals surface area (Å²) in [4.78, 5) is 26.1. The van der Waals surface area contributed by atoms with E-state index in [2.05, 4.69) is 4.98 Å². The first-order valence-corrected chi connectivity index (χ1v) is 5.89. The van der Waals surface area contributed by atoms with Gasteiger partial charge in [-0.3, -0.25) is 10.1 Å². The number of nitro benzene ring substituents is 1. The molecule has 0 radical (unpaired) electrons. The third kappa shape index (κ3) is 1.91. The number of nitrogens with zero attached hydrogens (tertiary/aromatic N) is 2. The molecule has 6 nitrogen and oxygen atoms in total. The predicted octanol–water partition coefficient (Wildman–Crippen LogP) is 2.72. The molecule has 6 heteroatoms. The fourth-order valence-corrected chi connectivity index (χ4v) is 2.17. The molecule has 3 rings (SSSR count). The minimum absolute atomic E-state index is 0.0793. The number of aromatic carboxylic acids is 1. The Kier molecular flexibility index (Phi) is 2.45. The number of benzene rings is 1. The Morgan fingerprint density at radius 3 is 2.74 bits per heavy atom. The van der Waals surface area contributed by atoms with Crippen LogP contribution in [0.3, 0.4) is 0 Å². The molecule has 1 N–H and O–H groups in total. The van der Waals surface area contributed by atoms with E-state index in [0.717, 1.165) is 12.8 Å². The summed E-state index contributed by atoms with van der Waals surface area (Å²) >= 11 is 0. The van der Waals surface area contributed by atoms with Crippen LogP contribution in [0.15, 0.2) is 24.3 Å². The third-order valence-electron chi connectivity index (χ3n) is 3.26. The molecule has 1 fully saturated rings. The van der Waals surface area contributed by atoms with Crippen LogP contribution in [-0.4, -0.2) is 21.0 Å². The lowest BCUT2D eigenvalue weighted by Crippen LogP contribution is -2.03. The zero-order valence-electron chi connectivity index (χ0n) is 9.87. The predicted molar refractivity (Wildman–Crippen MR) is 67.3 cm³/mol. The Morgan fingerprint density at radius 2 is 2.16 bits per heavy atom. The van der Waals surface area contributed by atoms with Gasteiger partial charge < -0.3 is 5.11 Å². The number of pyridine rings is 1. The largest absolute Gasteiger partial charge is 0.478 e. The minimum atomic E-state index is -1.09. The van der Waals surface area contributed by atoms with Gasteiger partial charge in [-0.25, -0.2) is 9.78 Å². The van der Waals surface area contributed by atoms with E-state index >= 15 is 0 Å². The molecule has 0 spiro atoms. The van der Waals surface area contributed by atoms with Crippen molar-refractivity contribution in [2.75, 3.05) is 0 Å². The number of carboxylic acids is 1. The first-order chi connectivity index (χ1) is 9.08. The molecule has 0 unspecified atom stereocenters. The van der Waals surface area contributed by atoms with Crippen molar-refractivity contribution < 1.29 is 14.8 Å². The van der Waals surface area contributed by atoms with Gasteiger partial charge in [-0.2, -0.15) is 0 Å². The van der Waals surface area contributed by atoms with E-state index in [-0.39, 0.29) is 22.7 Å². The van der Waals surface area contributed by atoms with Gasteiger partial charge in [0.25, 0.3) is 5.69 Å². The fourth-order valence-electron chi connectivity index (χ4n) is 2.17. The fraction of sp³-hybridized carbons (Fsp3) is 0.231. The SMILES string of the molecule is O=C(O)c1cc(C2CC2)nc2c([N+](=O)[O-])cccc12. The van der Waals surface area contributed by atoms with Crippen molar-refractivity contribution in [3.05, 3.63) is 45.6 Å². The standard InChI is InChI=1S/C13H10N2O4/c16-13(17)9-6-10(7-4-5-7)14-12-8(9)2-1-3-11(12)15(18)19/h1-3,6-7H,4-5H2,(H,16,17). The van der Waals surface area contributed by atoms with Gasteiger partial charge in [0.1, 0.15) is 5.52 Å². The quantitative estimate of drug-likeness (QED) is 0.674. The average Bonchev–Trinajstić information content (AvgIpc) is 3.20. The van der Waals surface area contributed by atoms with E-state index in [1.165, 1.54) is 18.2 Å². The summed E-state index contributed by atoms with van der Waals surface area (Å²) in [5, 5.41) is 20.6. The van der Waals surface area contributed by atoms with Crippen LogP contribution < -0.4 is 0 Å². The highest BCUT2D eigenvalue weighted by Crippen LogP contribution is 2.41. The smallest absolute Gasteiger partial charge is 0.336 e. The second kappa shape index (κ2) is 4.01. The molecule has 1 aromatic heterocycles. The van der Waals surface area contributed by atoms with E-state index in [4.69, 9.17) is 0 Å². The average molecular weight is 258 g/mol. The summed E-state index contributed by atoms with van der Waals surface area (Å²) in [5.74, 6) is -0.850. The van der Waals surface area contributed by atoms with Crippen molar-refractivity contribution in [2.45, 2.75) is 18.8 Å². The maximum Gasteiger partial charge on any atom is 0.336 e. The maximum absolute atomic E-state index is 11.3. The molecule has 0 atom stereocenters. The Balaban J connectivity index is 2.37. The van der Waals surface area contributed by atoms with Crippen molar-refractivity contribution in [2.24, 2.45) is 0 Å². The Labute approximate surface area is 107 Å². The zero-order valence-corrected chi connectivity index (χ0v) is 9.87. The van der Waals surface area contributed by atoms with E-state index in [1.807, 2.05) is 0 Å². The van der Waals surface area contributed by atoms with E-state index in [0.29, 0.717) is 11.1 Å². The Hall–Kier alpha value is -2.50. The number of rotatable bonds is 3. The first-order valence-electron chi connectivity index (χ1n) is 5.89. The van der Waals surface area contributed by atoms with Crippen LogP contribution in [0.25, 0.3) is 10.9 Å². The molecule has 0 amide bonds. The van der Waals surface area contributed by atoms with Crippen LogP contribution in [-0.2, 0) is 0 Å². The number of non-ortho nitro benzene ring substituents is 1. The summed E-state index contributed by atoms with van der Waals surface area (Å²) < 4.78 is 0. The van der Waals surface area contributed by atoms with Gasteiger partial charge in [0.05, 0.1) is 10.5 Å². The highest BCUT2D eigenvalue weighted by atomic mass is 16.6. The lowest BCUT2D eigenvalue weighted by atomic mass is 10.1. The monoisotopic (exact) mass is 258 g/mol. The topological polar surface area (TPSA) is 93.3 Å². The summed E-state index contributed by atoms with van der Waals surface area (Å²) in [6, 6.07) is 5.91. The van der Waals surface area contributed by atoms with Crippen LogP contribution >= 0.6 is 0 Å². The number of carbonyl (C=O) groups is 1. The van der Waals surface area contributed by atoms with Crippen molar-refractivity contribution in [1.29, 1.82) is 0 Å². The summed E-state index contributed by atoms with van der Waals surface area (Å²) in [7, 11) is 0. The summed E-state index contributed by atoms with van der Waals surface area (Å²) in [6.45, 7) is 0. The lowest BCUT2D eigenvalue weighted by molar-refractivity contribution is -0.383. The normalized spacial score (nSPS) is 14.5. The number of nitro groups is 1. The number of hydrogen-bond acceptors (Lipinski definition) is 4. The number of carboxylic acid groups (broad SMARTS) is 1. The van der Waals surface area contributed by atoms with Gasteiger partial charge in [-0.15, -0.1) is 0 Å². The molecule has 0 saturated heterocycles. The van der Waals surface area contributed by atoms with Crippen molar-refractivity contribution in [1.82, 2.24) is 4.98 Å². The van der Waals surface area contributed by atoms with E-state index < -0.39 is 10.9 Å². The third-order valence-corrected chi connectivity index (χ3v) is 3.26. The Bertz CT molecular complexity index is 707. The molecule has 0 aliphatic heterocycles. The van der Waals surface area contributed by atoms with Gasteiger partial charge in [0, 0.05) is 23.1 Å². The van der Waals surface area contributed by atoms with Crippen LogP contribution in [0.1, 0.15) is 34.8 Å². The molecule has 1 heterocycles. The Morgan fingerprint density at radius 1 is 1.42 bits per heavy atom. The molecule has 1 saturated carbocycles. The van der Waals surface area contributed by atoms with Crippen LogP contribution in [0.4, 0.5) is 5.69 Å². The van der Waals surface area contributed by atoms with Crippen LogP contribution in [0.5, 0.6) is 0 Å². The maximum atomic E-state index is 11.3. The second-order valence-electron chi connectivity index (χ2n) is 4.60. The van der Waals surface area contributed by atoms with Crippen molar-refractivity contribution >= 4 is 22.6 Å². The van der Waals surface area contributed by atoms with Gasteiger partial charge >= 0.3 is 5.97 Å². The number of aromatic nitrogens is 1. The second-order valence-corrected chi connectivity index (χ2v) is 4.60. The number of fused-ring (bicyclic) bond motifs is 1. The summed E-state index contributed by atoms with van der Waals surface area (Å²) in [5.41, 5.74) is 0.728. The minimum Gasteiger partial charge on any atom is -0.478 e. The van der Waals surface area contributed by atoms with E-state index in [1.54, 1.807) is 6.07 Å². The lowest BCUT2D eigenvalue weighted by Gasteiger charge is -2.06. The molecular formula is C13H10N2O4. The summed E-state index contributed by atoms with van der Waals surface area (Å²) in [6.07, 6.45) is 1.91. The van der Waals surface area contributed by atoms with Gasteiger partial charge in [-0.05, 0) is 18.9 Å². The van der Waals surface area contributed by atoms with E-state index in [9.17, 15) is 20.0 Å². The number of hydrogen-bond donors (Lipinski definition) is 1. The molecule has 19 heavy (non-hydrogen) atoms. The number of para-hydroxylation sites is 1. The van der Waals surface area contributed by atoms with Crippen molar-refractivity contribution in [3.8, 4) is 0 Å². The molecule has 0 bridgehead atoms. The molecule has 2 aromatic rings. The van der Waals surface area contributed by atoms with Gasteiger partial charge in [-0.1, -0.05) is 12.1 Å². The molecule has 1 aromatic carbocycles. The highest BCUT2D eigenvalue weighted by Gasteiger charge is 2.28. The molecule has 1 aliphatic rings. The van der Waals surface area contributed by atoms with Crippen LogP contribution in [0, 0.1) is 10.1 Å². The van der Waals surface area contributed by atoms with Crippen molar-refractivity contribution in [3.63, 3.8) is 0 Å². The molecule has 96 valence electrons. The zero-order chi connectivity index (χ0) is 13.6.